The van der Waals surface area contributed by atoms with Gasteiger partial charge in [-0.25, -0.2) is 4.98 Å². The van der Waals surface area contributed by atoms with Gasteiger partial charge in [-0.1, -0.05) is 0 Å². The van der Waals surface area contributed by atoms with Crippen LogP contribution in [-0.4, -0.2) is 10.9 Å². The van der Waals surface area contributed by atoms with Gasteiger partial charge in [0.05, 0.1) is 6.20 Å². The fourth-order valence-electron chi connectivity index (χ4n) is 0.469. The van der Waals surface area contributed by atoms with Crippen molar-refractivity contribution in [3.63, 3.8) is 0 Å². The summed E-state index contributed by atoms with van der Waals surface area (Å²) in [4.78, 5) is 13.9. The molecule has 0 bridgehead atoms. The number of amides is 1. The van der Waals surface area contributed by atoms with Crippen LogP contribution in [0.1, 0.15) is 16.4 Å². The van der Waals surface area contributed by atoms with Gasteiger partial charge < -0.3 is 10.2 Å². The number of aromatic nitrogens is 1. The molecular formula is C5H6N2O2. The van der Waals surface area contributed by atoms with E-state index in [2.05, 4.69) is 4.98 Å². The van der Waals surface area contributed by atoms with Gasteiger partial charge in [-0.15, -0.1) is 0 Å². The summed E-state index contributed by atoms with van der Waals surface area (Å²) in [6.07, 6.45) is 1.44. The van der Waals surface area contributed by atoms with E-state index in [-0.39, 0.29) is 5.89 Å². The lowest BCUT2D eigenvalue weighted by molar-refractivity contribution is 0.0966. The van der Waals surface area contributed by atoms with Crippen molar-refractivity contribution >= 4 is 5.91 Å². The van der Waals surface area contributed by atoms with Crippen LogP contribution in [0, 0.1) is 6.92 Å². The third-order valence-corrected chi connectivity index (χ3v) is 0.832. The lowest BCUT2D eigenvalue weighted by Crippen LogP contribution is -2.10. The Bertz CT molecular complexity index is 229. The van der Waals surface area contributed by atoms with Crippen LogP contribution in [0.3, 0.4) is 0 Å². The summed E-state index contributed by atoms with van der Waals surface area (Å²) in [7, 11) is 0. The zero-order valence-electron chi connectivity index (χ0n) is 4.92. The summed E-state index contributed by atoms with van der Waals surface area (Å²) in [6.45, 7) is 1.69. The zero-order valence-corrected chi connectivity index (χ0v) is 4.92. The Balaban J connectivity index is 2.98. The maximum absolute atomic E-state index is 10.3. The fraction of sp³-hybridized carbons (Fsp3) is 0.200. The monoisotopic (exact) mass is 126 g/mol. The number of nitrogens with two attached hydrogens (primary N) is 1. The van der Waals surface area contributed by atoms with Gasteiger partial charge >= 0.3 is 5.91 Å². The largest absolute Gasteiger partial charge is 0.438 e. The quantitative estimate of drug-likeness (QED) is 0.579. The van der Waals surface area contributed by atoms with Crippen LogP contribution >= 0.6 is 0 Å². The van der Waals surface area contributed by atoms with E-state index in [4.69, 9.17) is 10.2 Å². The summed E-state index contributed by atoms with van der Waals surface area (Å²) in [5, 5.41) is 0. The molecule has 0 spiro atoms. The van der Waals surface area contributed by atoms with Gasteiger partial charge in [-0.05, 0) is 6.92 Å². The molecule has 0 unspecified atom stereocenters. The van der Waals surface area contributed by atoms with E-state index < -0.39 is 5.91 Å². The van der Waals surface area contributed by atoms with Crippen LogP contribution in [0.5, 0.6) is 0 Å². The third-order valence-electron chi connectivity index (χ3n) is 0.832. The minimum atomic E-state index is -0.636. The summed E-state index contributed by atoms with van der Waals surface area (Å²) in [5.41, 5.74) is 4.83. The predicted molar refractivity (Wildman–Crippen MR) is 29.8 cm³/mol. The first-order chi connectivity index (χ1) is 4.20. The molecule has 0 aliphatic heterocycles. The van der Waals surface area contributed by atoms with E-state index in [0.29, 0.717) is 5.76 Å². The van der Waals surface area contributed by atoms with Crippen molar-refractivity contribution in [2.75, 3.05) is 0 Å². The molecule has 1 rings (SSSR count). The minimum Gasteiger partial charge on any atom is -0.438 e. The molecule has 1 amide bonds. The van der Waals surface area contributed by atoms with Crippen molar-refractivity contribution in [1.29, 1.82) is 0 Å². The molecule has 1 aromatic heterocycles. The first-order valence-electron chi connectivity index (χ1n) is 2.42. The molecule has 4 heteroatoms. The molecule has 1 heterocycles. The van der Waals surface area contributed by atoms with Gasteiger partial charge in [-0.3, -0.25) is 4.79 Å². The Kier molecular flexibility index (Phi) is 1.22. The number of carbonyl (C=O) groups is 1. The van der Waals surface area contributed by atoms with Crippen LogP contribution in [0.15, 0.2) is 10.6 Å². The number of hydrogen-bond donors (Lipinski definition) is 1. The Morgan fingerprint density at radius 1 is 1.89 bits per heavy atom. The molecule has 4 nitrogen and oxygen atoms in total. The highest BCUT2D eigenvalue weighted by Gasteiger charge is 2.04. The maximum Gasteiger partial charge on any atom is 0.304 e. The van der Waals surface area contributed by atoms with Crippen LogP contribution < -0.4 is 5.73 Å². The lowest BCUT2D eigenvalue weighted by Gasteiger charge is -1.80. The Labute approximate surface area is 51.7 Å². The fourth-order valence-corrected chi connectivity index (χ4v) is 0.469. The highest BCUT2D eigenvalue weighted by molar-refractivity contribution is 5.87. The number of carbonyl (C=O) groups excluding carboxylic acids is 1. The van der Waals surface area contributed by atoms with Gasteiger partial charge in [0.1, 0.15) is 5.76 Å². The first kappa shape index (κ1) is 5.81. The summed E-state index contributed by atoms with van der Waals surface area (Å²) < 4.78 is 4.76. The predicted octanol–water partition coefficient (Wildman–Crippen LogP) is 0.0819. The number of primary amides is 1. The number of oxazole rings is 1. The van der Waals surface area contributed by atoms with E-state index in [1.807, 2.05) is 0 Å². The van der Waals surface area contributed by atoms with Gasteiger partial charge in [0.15, 0.2) is 0 Å². The van der Waals surface area contributed by atoms with Gasteiger partial charge in [0.25, 0.3) is 5.89 Å². The minimum absolute atomic E-state index is 0.0347. The number of nitrogens with zero attached hydrogens (tertiary/aromatic N) is 1. The van der Waals surface area contributed by atoms with Crippen LogP contribution in [0.4, 0.5) is 0 Å². The second kappa shape index (κ2) is 1.89. The molecule has 0 fully saturated rings. The van der Waals surface area contributed by atoms with Crippen molar-refractivity contribution < 1.29 is 9.21 Å². The Hall–Kier alpha value is -1.32. The van der Waals surface area contributed by atoms with Crippen molar-refractivity contribution in [3.8, 4) is 0 Å². The van der Waals surface area contributed by atoms with E-state index >= 15 is 0 Å². The molecule has 0 aliphatic rings. The van der Waals surface area contributed by atoms with Gasteiger partial charge in [0, 0.05) is 0 Å². The number of aryl methyl sites for hydroxylation is 1. The third kappa shape index (κ3) is 1.07. The highest BCUT2D eigenvalue weighted by atomic mass is 16.4. The molecule has 0 aliphatic carbocycles. The second-order valence-corrected chi connectivity index (χ2v) is 1.64. The van der Waals surface area contributed by atoms with Crippen LogP contribution in [0.25, 0.3) is 0 Å². The topological polar surface area (TPSA) is 69.1 Å². The molecule has 0 atom stereocenters. The Morgan fingerprint density at radius 2 is 2.56 bits per heavy atom. The van der Waals surface area contributed by atoms with Crippen molar-refractivity contribution in [3.05, 3.63) is 17.8 Å². The molecule has 2 N–H and O–H groups in total. The molecular weight excluding hydrogens is 120 g/mol. The zero-order chi connectivity index (χ0) is 6.85. The molecule has 48 valence electrons. The lowest BCUT2D eigenvalue weighted by atomic mass is 10.6. The molecule has 1 aromatic rings. The Morgan fingerprint density at radius 3 is 2.78 bits per heavy atom. The van der Waals surface area contributed by atoms with E-state index in [9.17, 15) is 4.79 Å². The SMILES string of the molecule is Cc1cnc(C(N)=O)o1. The van der Waals surface area contributed by atoms with E-state index in [1.54, 1.807) is 6.92 Å². The second-order valence-electron chi connectivity index (χ2n) is 1.64. The molecule has 0 saturated heterocycles. The van der Waals surface area contributed by atoms with Gasteiger partial charge in [0.2, 0.25) is 0 Å². The molecule has 0 radical (unpaired) electrons. The van der Waals surface area contributed by atoms with Gasteiger partial charge in [-0.2, -0.15) is 0 Å². The number of hydrogen-bond acceptors (Lipinski definition) is 3. The number of rotatable bonds is 1. The maximum atomic E-state index is 10.3. The smallest absolute Gasteiger partial charge is 0.304 e. The first-order valence-corrected chi connectivity index (χ1v) is 2.42. The van der Waals surface area contributed by atoms with Crippen molar-refractivity contribution in [2.24, 2.45) is 5.73 Å². The standard InChI is InChI=1S/C5H6N2O2/c1-3-2-7-5(9-3)4(6)8/h2H,1H3,(H2,6,8). The molecule has 0 saturated carbocycles. The van der Waals surface area contributed by atoms with Crippen molar-refractivity contribution in [2.45, 2.75) is 6.92 Å². The van der Waals surface area contributed by atoms with E-state index in [1.165, 1.54) is 6.20 Å². The van der Waals surface area contributed by atoms with Crippen molar-refractivity contribution in [1.82, 2.24) is 4.98 Å². The van der Waals surface area contributed by atoms with Crippen LogP contribution in [0.2, 0.25) is 0 Å². The molecule has 0 aromatic carbocycles. The molecule has 9 heavy (non-hydrogen) atoms. The van der Waals surface area contributed by atoms with E-state index in [0.717, 1.165) is 0 Å². The summed E-state index contributed by atoms with van der Waals surface area (Å²) >= 11 is 0. The average Bonchev–Trinajstić information content (AvgIpc) is 2.14. The highest BCUT2D eigenvalue weighted by Crippen LogP contribution is 1.98. The summed E-state index contributed by atoms with van der Waals surface area (Å²) in [5.74, 6) is -0.0839. The normalized spacial score (nSPS) is 9.44. The average molecular weight is 126 g/mol. The van der Waals surface area contributed by atoms with Crippen LogP contribution in [-0.2, 0) is 0 Å². The summed E-state index contributed by atoms with van der Waals surface area (Å²) in [6, 6.07) is 0.